The number of unbranched alkanes of at least 4 members (excludes halogenated alkanes) is 2. The monoisotopic (exact) mass is 188 g/mol. The Morgan fingerprint density at radius 1 is 1.15 bits per heavy atom. The second kappa shape index (κ2) is 10.0. The van der Waals surface area contributed by atoms with Crippen molar-refractivity contribution in [2.24, 2.45) is 5.92 Å². The minimum Gasteiger partial charge on any atom is -0.396 e. The second-order valence-corrected chi connectivity index (χ2v) is 3.63. The lowest BCUT2D eigenvalue weighted by Gasteiger charge is -2.13. The molecular weight excluding hydrogens is 164 g/mol. The SMILES string of the molecule is CC[C@H](CCCCCO)CCOC. The van der Waals surface area contributed by atoms with E-state index < -0.39 is 0 Å². The highest BCUT2D eigenvalue weighted by atomic mass is 16.5. The van der Waals surface area contributed by atoms with Gasteiger partial charge in [-0.05, 0) is 18.8 Å². The van der Waals surface area contributed by atoms with E-state index in [1.165, 1.54) is 32.1 Å². The average Bonchev–Trinajstić information content (AvgIpc) is 2.17. The molecule has 1 atom stereocenters. The number of hydrogen-bond donors (Lipinski definition) is 1. The van der Waals surface area contributed by atoms with Gasteiger partial charge >= 0.3 is 0 Å². The predicted molar refractivity (Wildman–Crippen MR) is 55.8 cm³/mol. The highest BCUT2D eigenvalue weighted by Crippen LogP contribution is 2.16. The zero-order chi connectivity index (χ0) is 9.94. The molecule has 2 nitrogen and oxygen atoms in total. The Morgan fingerprint density at radius 3 is 2.46 bits per heavy atom. The van der Waals surface area contributed by atoms with Gasteiger partial charge in [0.15, 0.2) is 0 Å². The summed E-state index contributed by atoms with van der Waals surface area (Å²) in [5.41, 5.74) is 0. The van der Waals surface area contributed by atoms with Crippen LogP contribution < -0.4 is 0 Å². The van der Waals surface area contributed by atoms with Gasteiger partial charge in [0.05, 0.1) is 0 Å². The smallest absolute Gasteiger partial charge is 0.0464 e. The molecule has 0 unspecified atom stereocenters. The number of aliphatic hydroxyl groups excluding tert-OH is 1. The van der Waals surface area contributed by atoms with Crippen LogP contribution in [-0.2, 0) is 4.74 Å². The summed E-state index contributed by atoms with van der Waals surface area (Å²) in [7, 11) is 1.76. The van der Waals surface area contributed by atoms with Crippen LogP contribution in [0, 0.1) is 5.92 Å². The van der Waals surface area contributed by atoms with Crippen LogP contribution in [0.3, 0.4) is 0 Å². The van der Waals surface area contributed by atoms with Crippen molar-refractivity contribution in [1.29, 1.82) is 0 Å². The van der Waals surface area contributed by atoms with Gasteiger partial charge in [-0.15, -0.1) is 0 Å². The molecule has 0 saturated carbocycles. The molecule has 0 aromatic carbocycles. The van der Waals surface area contributed by atoms with Crippen LogP contribution in [0.5, 0.6) is 0 Å². The van der Waals surface area contributed by atoms with Gasteiger partial charge in [0.1, 0.15) is 0 Å². The first-order chi connectivity index (χ1) is 6.35. The highest BCUT2D eigenvalue weighted by Gasteiger charge is 2.04. The van der Waals surface area contributed by atoms with E-state index in [0.29, 0.717) is 6.61 Å². The van der Waals surface area contributed by atoms with Crippen LogP contribution in [-0.4, -0.2) is 25.4 Å². The molecule has 0 saturated heterocycles. The van der Waals surface area contributed by atoms with Gasteiger partial charge in [-0.25, -0.2) is 0 Å². The zero-order valence-electron chi connectivity index (χ0n) is 9.09. The molecule has 80 valence electrons. The van der Waals surface area contributed by atoms with Crippen LogP contribution in [0.1, 0.15) is 45.4 Å². The molecule has 0 aliphatic carbocycles. The summed E-state index contributed by atoms with van der Waals surface area (Å²) >= 11 is 0. The van der Waals surface area contributed by atoms with E-state index in [4.69, 9.17) is 9.84 Å². The third-order valence-electron chi connectivity index (χ3n) is 2.58. The van der Waals surface area contributed by atoms with Gasteiger partial charge in [0.2, 0.25) is 0 Å². The fourth-order valence-electron chi connectivity index (χ4n) is 1.56. The predicted octanol–water partition coefficient (Wildman–Crippen LogP) is 2.60. The highest BCUT2D eigenvalue weighted by molar-refractivity contribution is 4.57. The lowest BCUT2D eigenvalue weighted by atomic mass is 9.96. The molecule has 1 N–H and O–H groups in total. The summed E-state index contributed by atoms with van der Waals surface area (Å²) in [5.74, 6) is 0.818. The normalized spacial score (nSPS) is 13.2. The third kappa shape index (κ3) is 8.26. The van der Waals surface area contributed by atoms with Crippen LogP contribution >= 0.6 is 0 Å². The molecule has 0 aliphatic heterocycles. The van der Waals surface area contributed by atoms with E-state index in [2.05, 4.69) is 6.92 Å². The first-order valence-electron chi connectivity index (χ1n) is 5.45. The molecule has 0 spiro atoms. The standard InChI is InChI=1S/C11H24O2/c1-3-11(8-10-13-2)7-5-4-6-9-12/h11-12H,3-10H2,1-2H3/t11-/m1/s1. The maximum absolute atomic E-state index is 8.61. The third-order valence-corrected chi connectivity index (χ3v) is 2.58. The van der Waals surface area contributed by atoms with Crippen molar-refractivity contribution in [3.05, 3.63) is 0 Å². The molecule has 0 aliphatic rings. The zero-order valence-corrected chi connectivity index (χ0v) is 9.09. The molecule has 0 heterocycles. The largest absolute Gasteiger partial charge is 0.396 e. The lowest BCUT2D eigenvalue weighted by Crippen LogP contribution is -2.03. The average molecular weight is 188 g/mol. The summed E-state index contributed by atoms with van der Waals surface area (Å²) in [4.78, 5) is 0. The summed E-state index contributed by atoms with van der Waals surface area (Å²) in [6, 6.07) is 0. The molecule has 0 aromatic rings. The molecule has 0 rings (SSSR count). The van der Waals surface area contributed by atoms with Gasteiger partial charge in [-0.2, -0.15) is 0 Å². The Kier molecular flexibility index (Phi) is 9.94. The molecule has 0 aromatic heterocycles. The Labute approximate surface area is 82.3 Å². The second-order valence-electron chi connectivity index (χ2n) is 3.63. The number of methoxy groups -OCH3 is 1. The van der Waals surface area contributed by atoms with Crippen molar-refractivity contribution in [2.75, 3.05) is 20.3 Å². The van der Waals surface area contributed by atoms with Crippen molar-refractivity contribution in [1.82, 2.24) is 0 Å². The summed E-state index contributed by atoms with van der Waals surface area (Å²) in [6.07, 6.45) is 7.11. The summed E-state index contributed by atoms with van der Waals surface area (Å²) in [6.45, 7) is 3.47. The molecule has 13 heavy (non-hydrogen) atoms. The minimum atomic E-state index is 0.342. The maximum atomic E-state index is 8.61. The molecule has 0 bridgehead atoms. The van der Waals surface area contributed by atoms with Crippen molar-refractivity contribution in [2.45, 2.75) is 45.4 Å². The number of rotatable bonds is 9. The number of aliphatic hydroxyl groups is 1. The fraction of sp³-hybridized carbons (Fsp3) is 1.00. The number of hydrogen-bond acceptors (Lipinski definition) is 2. The maximum Gasteiger partial charge on any atom is 0.0464 e. The van der Waals surface area contributed by atoms with Gasteiger partial charge in [-0.1, -0.05) is 32.6 Å². The molecule has 0 amide bonds. The Balaban J connectivity index is 3.25. The summed E-state index contributed by atoms with van der Waals surface area (Å²) < 4.78 is 5.06. The first-order valence-corrected chi connectivity index (χ1v) is 5.45. The van der Waals surface area contributed by atoms with E-state index in [-0.39, 0.29) is 0 Å². The molecule has 0 fully saturated rings. The molecule has 0 radical (unpaired) electrons. The Bertz CT molecular complexity index is 94.1. The summed E-state index contributed by atoms with van der Waals surface area (Å²) in [5, 5.41) is 8.61. The van der Waals surface area contributed by atoms with E-state index in [9.17, 15) is 0 Å². The Hall–Kier alpha value is -0.0800. The van der Waals surface area contributed by atoms with Crippen molar-refractivity contribution in [3.8, 4) is 0 Å². The quantitative estimate of drug-likeness (QED) is 0.564. The van der Waals surface area contributed by atoms with Gasteiger partial charge in [-0.3, -0.25) is 0 Å². The fourth-order valence-corrected chi connectivity index (χ4v) is 1.56. The minimum absolute atomic E-state index is 0.342. The topological polar surface area (TPSA) is 29.5 Å². The van der Waals surface area contributed by atoms with Gasteiger partial charge < -0.3 is 9.84 Å². The number of ether oxygens (including phenoxy) is 1. The van der Waals surface area contributed by atoms with Crippen molar-refractivity contribution >= 4 is 0 Å². The van der Waals surface area contributed by atoms with E-state index in [1.807, 2.05) is 0 Å². The van der Waals surface area contributed by atoms with Gasteiger partial charge in [0.25, 0.3) is 0 Å². The van der Waals surface area contributed by atoms with Gasteiger partial charge in [0, 0.05) is 20.3 Å². The molecule has 2 heteroatoms. The van der Waals surface area contributed by atoms with E-state index in [0.717, 1.165) is 18.9 Å². The van der Waals surface area contributed by atoms with Crippen LogP contribution in [0.2, 0.25) is 0 Å². The first kappa shape index (κ1) is 12.9. The lowest BCUT2D eigenvalue weighted by molar-refractivity contribution is 0.172. The van der Waals surface area contributed by atoms with Crippen molar-refractivity contribution in [3.63, 3.8) is 0 Å². The van der Waals surface area contributed by atoms with Crippen molar-refractivity contribution < 1.29 is 9.84 Å². The Morgan fingerprint density at radius 2 is 1.92 bits per heavy atom. The molecular formula is C11H24O2. The van der Waals surface area contributed by atoms with Crippen LogP contribution in [0.25, 0.3) is 0 Å². The van der Waals surface area contributed by atoms with E-state index in [1.54, 1.807) is 7.11 Å². The van der Waals surface area contributed by atoms with Crippen LogP contribution in [0.4, 0.5) is 0 Å². The van der Waals surface area contributed by atoms with Crippen LogP contribution in [0.15, 0.2) is 0 Å². The van der Waals surface area contributed by atoms with E-state index >= 15 is 0 Å².